The molecule has 3 heteroatoms. The zero-order valence-corrected chi connectivity index (χ0v) is 68.8. The Hall–Kier alpha value is -13.0. The molecule has 18 aromatic rings. The van der Waals surface area contributed by atoms with Crippen molar-refractivity contribution in [1.29, 1.82) is 0 Å². The van der Waals surface area contributed by atoms with Crippen molar-refractivity contribution in [2.24, 2.45) is 0 Å². The Morgan fingerprint density at radius 3 is 0.940 bits per heavy atom. The summed E-state index contributed by atoms with van der Waals surface area (Å²) in [5.74, 6) is 0. The number of hydrogen-bond donors (Lipinski definition) is 0. The van der Waals surface area contributed by atoms with Crippen LogP contribution in [0.4, 0.5) is 0 Å². The van der Waals surface area contributed by atoms with Crippen LogP contribution in [0.15, 0.2) is 454 Å². The maximum absolute atomic E-state index is 8.87. The predicted molar refractivity (Wildman–Crippen MR) is 508 cm³/mol. The summed E-state index contributed by atoms with van der Waals surface area (Å²) in [4.78, 5) is 0. The van der Waals surface area contributed by atoms with Crippen LogP contribution in [0.1, 0.15) is 98.2 Å². The molecule has 0 N–H and O–H groups in total. The molecule has 0 bridgehead atoms. The number of nitrogens with zero attached hydrogens (tertiary/aromatic N) is 1. The molecular weight excluding hydrogens is 1430 g/mol. The fourth-order valence-electron chi connectivity index (χ4n) is 14.2. The highest BCUT2D eigenvalue weighted by atomic mass is 28.3. The van der Waals surface area contributed by atoms with E-state index in [-0.39, 0.29) is 39.1 Å². The van der Waals surface area contributed by atoms with Crippen LogP contribution >= 0.6 is 0 Å². The van der Waals surface area contributed by atoms with Gasteiger partial charge in [0.25, 0.3) is 0 Å². The summed E-state index contributed by atoms with van der Waals surface area (Å²) >= 11 is 0. The number of para-hydroxylation sites is 2. The summed E-state index contributed by atoms with van der Waals surface area (Å²) < 4.78 is 206. The molecule has 0 amide bonds. The van der Waals surface area contributed by atoms with E-state index >= 15 is 0 Å². The van der Waals surface area contributed by atoms with Crippen molar-refractivity contribution in [3.05, 3.63) is 504 Å². The van der Waals surface area contributed by atoms with Gasteiger partial charge in [0, 0.05) is 16.5 Å². The first-order chi connectivity index (χ1) is 67.1. The van der Waals surface area contributed by atoms with Gasteiger partial charge in [0.05, 0.1) is 58.8 Å². The summed E-state index contributed by atoms with van der Waals surface area (Å²) in [7, 11) is -3.49. The van der Waals surface area contributed by atoms with E-state index in [9.17, 15) is 0 Å². The lowest BCUT2D eigenvalue weighted by atomic mass is 9.65. The van der Waals surface area contributed by atoms with Gasteiger partial charge in [-0.25, -0.2) is 0 Å². The van der Waals surface area contributed by atoms with Gasteiger partial charge in [-0.3, -0.25) is 0 Å². The van der Waals surface area contributed by atoms with Crippen LogP contribution in [-0.4, -0.2) is 20.7 Å². The third kappa shape index (κ3) is 18.8. The van der Waals surface area contributed by atoms with Crippen LogP contribution in [0, 0.1) is 34.6 Å². The van der Waals surface area contributed by atoms with Crippen molar-refractivity contribution >= 4 is 63.9 Å². The predicted octanol–water partition coefficient (Wildman–Crippen LogP) is 27.1. The van der Waals surface area contributed by atoms with Crippen molar-refractivity contribution < 1.29 is 34.3 Å². The number of aromatic nitrogens is 1. The highest BCUT2D eigenvalue weighted by molar-refractivity contribution is 7.19. The Balaban J connectivity index is 0.000000152. The van der Waals surface area contributed by atoms with Gasteiger partial charge in [0.15, 0.2) is 8.07 Å². The number of rotatable bonds is 14. The van der Waals surface area contributed by atoms with Crippen LogP contribution in [0.25, 0.3) is 72.0 Å². The molecular formula is C113H105NSi2. The van der Waals surface area contributed by atoms with E-state index in [0.717, 1.165) is 4.57 Å². The molecule has 570 valence electrons. The Morgan fingerprint density at radius 2 is 0.543 bits per heavy atom. The first-order valence-electron chi connectivity index (χ1n) is 51.2. The van der Waals surface area contributed by atoms with Gasteiger partial charge in [-0.15, -0.1) is 0 Å². The first-order valence-corrected chi connectivity index (χ1v) is 44.2. The summed E-state index contributed by atoms with van der Waals surface area (Å²) in [6.07, 6.45) is 0. The quantitative estimate of drug-likeness (QED) is 0.0755. The summed E-state index contributed by atoms with van der Waals surface area (Å²) in [5, 5.41) is 6.59. The number of aryl methyl sites for hydroxylation is 3. The minimum Gasteiger partial charge on any atom is -0.309 e. The zero-order chi connectivity index (χ0) is 102. The summed E-state index contributed by atoms with van der Waals surface area (Å²) in [5.41, 5.74) is 11.2. The third-order valence-corrected chi connectivity index (χ3v) is 26.9. The highest BCUT2D eigenvalue weighted by Crippen LogP contribution is 2.46. The molecule has 0 aliphatic carbocycles. The molecule has 0 unspecified atom stereocenters. The monoisotopic (exact) mass is 1560 g/mol. The smallest absolute Gasteiger partial charge is 0.179 e. The number of benzene rings is 17. The molecule has 0 atom stereocenters. The lowest BCUT2D eigenvalue weighted by molar-refractivity contribution is 0.745. The van der Waals surface area contributed by atoms with Gasteiger partial charge >= 0.3 is 0 Å². The Morgan fingerprint density at radius 1 is 0.241 bits per heavy atom. The third-order valence-electron chi connectivity index (χ3n) is 20.1. The van der Waals surface area contributed by atoms with Crippen LogP contribution < -0.4 is 25.9 Å². The first kappa shape index (κ1) is 54.7. The van der Waals surface area contributed by atoms with E-state index in [1.54, 1.807) is 0 Å². The van der Waals surface area contributed by atoms with E-state index in [4.69, 9.17) is 34.3 Å². The molecule has 0 saturated carbocycles. The van der Waals surface area contributed by atoms with Crippen molar-refractivity contribution in [3.8, 4) is 50.2 Å². The fraction of sp³-hybridized carbons (Fsp3) is 0.0973. The fourth-order valence-corrected chi connectivity index (χ4v) is 20.1. The molecule has 0 saturated heterocycles. The van der Waals surface area contributed by atoms with Crippen molar-refractivity contribution in [2.75, 3.05) is 0 Å². The van der Waals surface area contributed by atoms with Crippen molar-refractivity contribution in [1.82, 2.24) is 4.57 Å². The molecule has 0 aliphatic rings. The second kappa shape index (κ2) is 38.7. The van der Waals surface area contributed by atoms with Gasteiger partial charge in [-0.2, -0.15) is 0 Å². The molecule has 116 heavy (non-hydrogen) atoms. The zero-order valence-electron chi connectivity index (χ0n) is 91.8. The molecule has 1 aromatic heterocycles. The second-order valence-electron chi connectivity index (χ2n) is 28.7. The maximum atomic E-state index is 8.87. The molecule has 1 nitrogen and oxygen atoms in total. The molecule has 1 heterocycles. The minimum atomic E-state index is -2.32. The van der Waals surface area contributed by atoms with Crippen LogP contribution in [0.3, 0.4) is 0 Å². The molecule has 0 aliphatic heterocycles. The molecule has 0 spiro atoms. The van der Waals surface area contributed by atoms with E-state index in [1.165, 1.54) is 101 Å². The number of hydrogen-bond acceptors (Lipinski definition) is 0. The van der Waals surface area contributed by atoms with Gasteiger partial charge in [0.1, 0.15) is 0 Å². The lowest BCUT2D eigenvalue weighted by Crippen LogP contribution is -2.74. The standard InChI is InChI=1S/C32H26.C25H19N.C25H22Si.C16H20Si.C13H12.C2H6/c1-25-17-19-26(20-18-25)27-21-23-31(24-22-27)32(28-11-5-2-6-12-28,29-13-7-3-8-14-29)30-15-9-4-10-16-30;1-18-10-12-19(13-11-18)20-14-16-21(17-15-20)26-24-8-4-2-6-22(24)23-7-3-5-9-25(23)26;1-21-17-19-25(20-18-21)26(22-11-5-2-6-12-22,23-13-7-3-8-14-23)24-15-9-4-10-16-24;1-13-5-7-14(8-6-13)15-9-11-16(12-10-15)17(2,3)4;1-11-7-5-6-10-13(11)12-8-3-2-4-9-12;1-2/h2-24H,1H3;2-17H,1H3;2-20H,1H3;5-12H,1-4H3;2-10H,1H3;1-2H3/i;2D,3D,4D,5D,6D,7D,8D,9D,10D,11D,12D,13D,14D,15D,16D,17D;;;2D,3D,4D,5D,6D,7D,8D,9D,10D;. The normalized spacial score (nSPS) is 14.0. The Labute approximate surface area is 727 Å². The van der Waals surface area contributed by atoms with Gasteiger partial charge in [0.2, 0.25) is 0 Å². The summed E-state index contributed by atoms with van der Waals surface area (Å²) in [6, 6.07) is 95.5. The van der Waals surface area contributed by atoms with Crippen LogP contribution in [0.5, 0.6) is 0 Å². The number of fused-ring (bicyclic) bond motifs is 3. The molecule has 17 aromatic carbocycles. The van der Waals surface area contributed by atoms with Gasteiger partial charge in [-0.1, -0.05) is 491 Å². The Bertz CT molecular complexity index is 7170. The highest BCUT2D eigenvalue weighted by Gasteiger charge is 2.41. The average Bonchev–Trinajstić information content (AvgIpc) is 1.60. The lowest BCUT2D eigenvalue weighted by Gasteiger charge is -2.37. The average molecular weight is 1560 g/mol. The van der Waals surface area contributed by atoms with Crippen LogP contribution in [-0.2, 0) is 5.41 Å². The van der Waals surface area contributed by atoms with Crippen molar-refractivity contribution in [3.63, 3.8) is 0 Å². The van der Waals surface area contributed by atoms with Gasteiger partial charge in [-0.05, 0) is 152 Å². The topological polar surface area (TPSA) is 4.93 Å². The van der Waals surface area contributed by atoms with Gasteiger partial charge < -0.3 is 4.57 Å². The largest absolute Gasteiger partial charge is 0.309 e. The molecule has 0 radical (unpaired) electrons. The second-order valence-corrected chi connectivity index (χ2v) is 37.6. The molecule has 18 rings (SSSR count). The maximum Gasteiger partial charge on any atom is 0.179 e. The van der Waals surface area contributed by atoms with Crippen LogP contribution in [0.2, 0.25) is 19.6 Å². The Kier molecular flexibility index (Phi) is 18.2. The minimum absolute atomic E-state index is 0.0224. The van der Waals surface area contributed by atoms with E-state index in [2.05, 4.69) is 344 Å². The SMILES string of the molecule is CC.Cc1ccc(-c2ccc(C(c3ccccc3)(c3ccccc3)c3ccccc3)cc2)cc1.Cc1ccc(-c2ccc([Si](C)(C)C)cc2)cc1.Cc1ccc([Si](c2ccccc2)(c2ccccc2)c2ccccc2)cc1.[2H]c1c([2H])c(-c2c([2H])c([2H])c(-n3c4c([2H])c([2H])c([2H])c([2H])c4c4c([2H])c([2H])c([2H])c([2H])c43)c([2H])c2[2H])c([2H])c([2H])c1C.[2H]c1c([2H])c([2H])c(-c2c([2H])c([2H])c([2H])c([2H])c2C)c([2H])c1[2H]. The van der Waals surface area contributed by atoms with Crippen molar-refractivity contribution in [2.45, 2.75) is 73.5 Å². The summed E-state index contributed by atoms with van der Waals surface area (Å²) in [6.45, 7) is 20.4. The molecule has 0 fully saturated rings. The van der Waals surface area contributed by atoms with E-state index in [1.807, 2.05) is 13.8 Å². The van der Waals surface area contributed by atoms with E-state index < -0.39 is 194 Å². The van der Waals surface area contributed by atoms with E-state index in [0.29, 0.717) is 0 Å².